The van der Waals surface area contributed by atoms with Crippen LogP contribution < -0.4 is 10.6 Å². The van der Waals surface area contributed by atoms with Gasteiger partial charge in [-0.15, -0.1) is 0 Å². The number of methoxy groups -OCH3 is 1. The second kappa shape index (κ2) is 7.34. The van der Waals surface area contributed by atoms with Crippen LogP contribution in [0.5, 0.6) is 0 Å². The van der Waals surface area contributed by atoms with Gasteiger partial charge in [0.15, 0.2) is 5.69 Å². The highest BCUT2D eigenvalue weighted by Gasteiger charge is 2.33. The Morgan fingerprint density at radius 3 is 2.77 bits per heavy atom. The van der Waals surface area contributed by atoms with Crippen LogP contribution in [0.4, 0.5) is 0 Å². The van der Waals surface area contributed by atoms with Crippen LogP contribution in [0.3, 0.4) is 0 Å². The van der Waals surface area contributed by atoms with Gasteiger partial charge in [0, 0.05) is 31.5 Å². The van der Waals surface area contributed by atoms with Gasteiger partial charge in [0.1, 0.15) is 0 Å². The van der Waals surface area contributed by atoms with Crippen LogP contribution in [-0.2, 0) is 14.6 Å². The number of pyridine rings is 1. The summed E-state index contributed by atoms with van der Waals surface area (Å²) in [6, 6.07) is 5.14. The zero-order valence-electron chi connectivity index (χ0n) is 15.0. The van der Waals surface area contributed by atoms with E-state index in [1.165, 1.54) is 4.40 Å². The number of imidazole rings is 1. The Morgan fingerprint density at radius 2 is 2.12 bits per heavy atom. The van der Waals surface area contributed by atoms with Gasteiger partial charge in [-0.05, 0) is 38.1 Å². The third-order valence-electron chi connectivity index (χ3n) is 4.80. The van der Waals surface area contributed by atoms with Gasteiger partial charge in [0.05, 0.1) is 12.1 Å². The molecule has 142 valence electrons. The molecule has 0 spiro atoms. The van der Waals surface area contributed by atoms with Crippen molar-refractivity contribution in [3.63, 3.8) is 0 Å². The molecule has 1 amide bonds. The first-order chi connectivity index (χ1) is 12.4. The fourth-order valence-corrected chi connectivity index (χ4v) is 4.20. The highest BCUT2D eigenvalue weighted by molar-refractivity contribution is 7.90. The maximum absolute atomic E-state index is 12.7. The summed E-state index contributed by atoms with van der Waals surface area (Å²) in [4.78, 5) is 16.9. The van der Waals surface area contributed by atoms with E-state index < -0.39 is 9.84 Å². The first-order valence-electron chi connectivity index (χ1n) is 8.51. The normalized spacial score (nSPS) is 17.3. The summed E-state index contributed by atoms with van der Waals surface area (Å²) in [5, 5.41) is 6.11. The lowest BCUT2D eigenvalue weighted by Gasteiger charge is -2.37. The van der Waals surface area contributed by atoms with E-state index >= 15 is 0 Å². The summed E-state index contributed by atoms with van der Waals surface area (Å²) in [7, 11) is -1.90. The number of rotatable bonds is 6. The van der Waals surface area contributed by atoms with Crippen LogP contribution in [-0.4, -0.2) is 63.3 Å². The summed E-state index contributed by atoms with van der Waals surface area (Å²) in [6.07, 6.45) is 4.48. The highest BCUT2D eigenvalue weighted by Crippen LogP contribution is 2.28. The minimum absolute atomic E-state index is 0.118. The molecule has 0 unspecified atom stereocenters. The Morgan fingerprint density at radius 1 is 1.38 bits per heavy atom. The molecule has 1 aliphatic rings. The van der Waals surface area contributed by atoms with E-state index in [1.54, 1.807) is 31.5 Å². The average Bonchev–Trinajstić information content (AvgIpc) is 3.01. The molecule has 0 aliphatic carbocycles. The lowest BCUT2D eigenvalue weighted by atomic mass is 9.79. The van der Waals surface area contributed by atoms with Gasteiger partial charge < -0.3 is 15.4 Å². The fourth-order valence-electron chi connectivity index (χ4n) is 3.43. The van der Waals surface area contributed by atoms with Crippen LogP contribution >= 0.6 is 0 Å². The molecule has 0 saturated carbocycles. The number of hydrogen-bond acceptors (Lipinski definition) is 6. The van der Waals surface area contributed by atoms with E-state index in [2.05, 4.69) is 15.6 Å². The van der Waals surface area contributed by atoms with Gasteiger partial charge in [-0.1, -0.05) is 6.07 Å². The van der Waals surface area contributed by atoms with Crippen molar-refractivity contribution in [1.29, 1.82) is 0 Å². The molecule has 3 rings (SSSR count). The first-order valence-corrected chi connectivity index (χ1v) is 10.4. The zero-order chi connectivity index (χ0) is 18.8. The second-order valence-corrected chi connectivity index (χ2v) is 8.75. The number of hydrogen-bond donors (Lipinski definition) is 2. The van der Waals surface area contributed by atoms with Crippen molar-refractivity contribution in [2.24, 2.45) is 5.41 Å². The maximum atomic E-state index is 12.7. The average molecular weight is 380 g/mol. The highest BCUT2D eigenvalue weighted by atomic mass is 32.2. The molecule has 9 heteroatoms. The number of aromatic nitrogens is 2. The molecule has 26 heavy (non-hydrogen) atoms. The SMILES string of the molecule is COCC1(CNC(=O)c2nc(S(C)(=O)=O)n3ccccc23)CCNCC1. The quantitative estimate of drug-likeness (QED) is 0.756. The summed E-state index contributed by atoms with van der Waals surface area (Å²) >= 11 is 0. The van der Waals surface area contributed by atoms with Crippen LogP contribution in [0.1, 0.15) is 23.3 Å². The van der Waals surface area contributed by atoms with E-state index in [-0.39, 0.29) is 22.2 Å². The van der Waals surface area contributed by atoms with E-state index in [4.69, 9.17) is 4.74 Å². The largest absolute Gasteiger partial charge is 0.384 e. The number of carbonyl (C=O) groups excluding carboxylic acids is 1. The van der Waals surface area contributed by atoms with Gasteiger partial charge in [-0.3, -0.25) is 9.20 Å². The molecule has 0 aromatic carbocycles. The fraction of sp³-hybridized carbons (Fsp3) is 0.529. The third-order valence-corrected chi connectivity index (χ3v) is 5.75. The van der Waals surface area contributed by atoms with E-state index in [1.807, 2.05) is 0 Å². The van der Waals surface area contributed by atoms with E-state index in [9.17, 15) is 13.2 Å². The van der Waals surface area contributed by atoms with E-state index in [0.717, 1.165) is 32.2 Å². The topological polar surface area (TPSA) is 102 Å². The van der Waals surface area contributed by atoms with Crippen LogP contribution in [0.15, 0.2) is 29.6 Å². The smallest absolute Gasteiger partial charge is 0.272 e. The number of sulfone groups is 1. The maximum Gasteiger partial charge on any atom is 0.272 e. The number of fused-ring (bicyclic) bond motifs is 1. The zero-order valence-corrected chi connectivity index (χ0v) is 15.8. The Bertz CT molecular complexity index is 895. The summed E-state index contributed by atoms with van der Waals surface area (Å²) in [5.74, 6) is -0.377. The van der Waals surface area contributed by atoms with Crippen LogP contribution in [0.25, 0.3) is 5.52 Å². The standard InChI is InChI=1S/C17H24N4O4S/c1-25-12-17(6-8-18-9-7-17)11-19-15(22)14-13-5-3-4-10-21(13)16(20-14)26(2,23)24/h3-5,10,18H,6-9,11-12H2,1-2H3,(H,19,22). The molecule has 2 N–H and O–H groups in total. The van der Waals surface area contributed by atoms with Gasteiger partial charge in [0.25, 0.3) is 5.91 Å². The molecule has 1 saturated heterocycles. The summed E-state index contributed by atoms with van der Waals surface area (Å²) < 4.78 is 30.8. The van der Waals surface area contributed by atoms with Crippen molar-refractivity contribution in [2.45, 2.75) is 18.0 Å². The number of nitrogens with zero attached hydrogens (tertiary/aromatic N) is 2. The number of amides is 1. The Labute approximate surface area is 152 Å². The molecular weight excluding hydrogens is 356 g/mol. The lowest BCUT2D eigenvalue weighted by Crippen LogP contribution is -2.47. The van der Waals surface area contributed by atoms with Crippen molar-refractivity contribution in [1.82, 2.24) is 20.0 Å². The van der Waals surface area contributed by atoms with Crippen molar-refractivity contribution in [3.8, 4) is 0 Å². The first kappa shape index (κ1) is 18.8. The Balaban J connectivity index is 1.86. The summed E-state index contributed by atoms with van der Waals surface area (Å²) in [5.41, 5.74) is 0.467. The van der Waals surface area contributed by atoms with Gasteiger partial charge in [0.2, 0.25) is 15.0 Å². The van der Waals surface area contributed by atoms with Gasteiger partial charge in [-0.25, -0.2) is 13.4 Å². The van der Waals surface area contributed by atoms with Crippen LogP contribution in [0, 0.1) is 5.41 Å². The number of piperidine rings is 1. The predicted octanol–water partition coefficient (Wildman–Crippen LogP) is 0.484. The Hall–Kier alpha value is -1.97. The van der Waals surface area contributed by atoms with Gasteiger partial charge >= 0.3 is 0 Å². The molecule has 2 aromatic heterocycles. The number of carbonyl (C=O) groups is 1. The molecule has 2 aromatic rings. The minimum Gasteiger partial charge on any atom is -0.384 e. The lowest BCUT2D eigenvalue weighted by molar-refractivity contribution is 0.0511. The molecule has 0 radical (unpaired) electrons. The van der Waals surface area contributed by atoms with Crippen LogP contribution in [0.2, 0.25) is 0 Å². The van der Waals surface area contributed by atoms with Crippen molar-refractivity contribution >= 4 is 21.3 Å². The van der Waals surface area contributed by atoms with Crippen molar-refractivity contribution in [2.75, 3.05) is 39.6 Å². The second-order valence-electron chi connectivity index (χ2n) is 6.84. The van der Waals surface area contributed by atoms with Crippen molar-refractivity contribution < 1.29 is 17.9 Å². The minimum atomic E-state index is -3.55. The van der Waals surface area contributed by atoms with E-state index in [0.29, 0.717) is 18.7 Å². The summed E-state index contributed by atoms with van der Waals surface area (Å²) in [6.45, 7) is 2.78. The predicted molar refractivity (Wildman–Crippen MR) is 97.0 cm³/mol. The molecule has 0 bridgehead atoms. The monoisotopic (exact) mass is 380 g/mol. The Kier molecular flexibility index (Phi) is 5.31. The molecule has 1 fully saturated rings. The third kappa shape index (κ3) is 3.74. The molecule has 3 heterocycles. The van der Waals surface area contributed by atoms with Crippen molar-refractivity contribution in [3.05, 3.63) is 30.1 Å². The van der Waals surface area contributed by atoms with Gasteiger partial charge in [-0.2, -0.15) is 0 Å². The molecule has 0 atom stereocenters. The molecular formula is C17H24N4O4S. The molecule has 8 nitrogen and oxygen atoms in total. The molecule has 1 aliphatic heterocycles. The number of ether oxygens (including phenoxy) is 1. The number of nitrogens with one attached hydrogen (secondary N) is 2.